The van der Waals surface area contributed by atoms with Crippen molar-refractivity contribution in [3.63, 3.8) is 0 Å². The highest BCUT2D eigenvalue weighted by atomic mass is 19.4. The Labute approximate surface area is 141 Å². The lowest BCUT2D eigenvalue weighted by molar-refractivity contribution is -0.137. The number of nitrogens with zero attached hydrogens (tertiary/aromatic N) is 1. The average Bonchev–Trinajstić information content (AvgIpc) is 3.08. The number of benzene rings is 2. The van der Waals surface area contributed by atoms with E-state index >= 15 is 0 Å². The zero-order valence-corrected chi connectivity index (χ0v) is 13.0. The first-order valence-electron chi connectivity index (χ1n) is 7.48. The quantitative estimate of drug-likeness (QED) is 0.750. The largest absolute Gasteiger partial charge is 0.416 e. The predicted octanol–water partition coefficient (Wildman–Crippen LogP) is 4.03. The maximum atomic E-state index is 12.7. The topological polar surface area (TPSA) is 57.8 Å². The van der Waals surface area contributed by atoms with Crippen LogP contribution in [0.3, 0.4) is 0 Å². The Morgan fingerprint density at radius 1 is 1.08 bits per heavy atom. The van der Waals surface area contributed by atoms with Gasteiger partial charge < -0.3 is 5.32 Å². The van der Waals surface area contributed by atoms with Crippen molar-refractivity contribution in [3.05, 3.63) is 77.5 Å². The van der Waals surface area contributed by atoms with Gasteiger partial charge in [-0.15, -0.1) is 0 Å². The number of carbonyl (C=O) groups excluding carboxylic acids is 1. The third-order valence-electron chi connectivity index (χ3n) is 3.67. The molecule has 2 aromatic carbocycles. The summed E-state index contributed by atoms with van der Waals surface area (Å²) >= 11 is 0. The predicted molar refractivity (Wildman–Crippen MR) is 86.6 cm³/mol. The van der Waals surface area contributed by atoms with E-state index in [0.29, 0.717) is 0 Å². The minimum atomic E-state index is -4.48. The molecule has 0 aliphatic heterocycles. The maximum absolute atomic E-state index is 12.7. The van der Waals surface area contributed by atoms with Crippen molar-refractivity contribution >= 4 is 5.91 Å². The molecule has 0 spiro atoms. The van der Waals surface area contributed by atoms with Crippen molar-refractivity contribution in [2.24, 2.45) is 0 Å². The van der Waals surface area contributed by atoms with Gasteiger partial charge in [-0.05, 0) is 23.8 Å². The molecule has 7 heteroatoms. The number of rotatable bonds is 4. The second-order valence-electron chi connectivity index (χ2n) is 5.40. The number of carbonyl (C=O) groups is 1. The first-order chi connectivity index (χ1) is 11.9. The van der Waals surface area contributed by atoms with Crippen LogP contribution in [0.5, 0.6) is 0 Å². The van der Waals surface area contributed by atoms with E-state index in [9.17, 15) is 18.0 Å². The van der Waals surface area contributed by atoms with Gasteiger partial charge in [0.1, 0.15) is 0 Å². The fraction of sp³-hybridized carbons (Fsp3) is 0.111. The van der Waals surface area contributed by atoms with Crippen LogP contribution in [0.15, 0.2) is 60.8 Å². The molecule has 0 aliphatic carbocycles. The molecule has 0 saturated carbocycles. The van der Waals surface area contributed by atoms with Crippen LogP contribution in [0.1, 0.15) is 21.5 Å². The minimum absolute atomic E-state index is 0.0421. The third-order valence-corrected chi connectivity index (χ3v) is 3.67. The smallest absolute Gasteiger partial charge is 0.348 e. The first-order valence-corrected chi connectivity index (χ1v) is 7.48. The van der Waals surface area contributed by atoms with Crippen LogP contribution in [0.2, 0.25) is 0 Å². The molecule has 4 nitrogen and oxygen atoms in total. The maximum Gasteiger partial charge on any atom is 0.416 e. The molecule has 1 heterocycles. The first kappa shape index (κ1) is 16.8. The lowest BCUT2D eigenvalue weighted by Gasteiger charge is -2.09. The van der Waals surface area contributed by atoms with Crippen molar-refractivity contribution < 1.29 is 18.0 Å². The van der Waals surface area contributed by atoms with E-state index < -0.39 is 17.6 Å². The molecule has 0 bridgehead atoms. The Morgan fingerprint density at radius 3 is 2.56 bits per heavy atom. The van der Waals surface area contributed by atoms with Crippen LogP contribution in [0.4, 0.5) is 13.2 Å². The molecule has 1 amide bonds. The molecule has 0 fully saturated rings. The molecule has 2 N–H and O–H groups in total. The van der Waals surface area contributed by atoms with E-state index in [2.05, 4.69) is 15.5 Å². The molecule has 0 aliphatic rings. The molecule has 0 atom stereocenters. The fourth-order valence-electron chi connectivity index (χ4n) is 2.41. The summed E-state index contributed by atoms with van der Waals surface area (Å²) in [5.74, 6) is -0.577. The number of halogens is 3. The number of hydrogen-bond donors (Lipinski definition) is 2. The number of alkyl halides is 3. The van der Waals surface area contributed by atoms with Gasteiger partial charge in [-0.3, -0.25) is 9.89 Å². The Morgan fingerprint density at radius 2 is 1.84 bits per heavy atom. The SMILES string of the molecule is O=C(NCc1cn[nH]c1-c1ccccc1)c1cccc(C(F)(F)F)c1. The van der Waals surface area contributed by atoms with Crippen molar-refractivity contribution in [1.29, 1.82) is 0 Å². The summed E-state index contributed by atoms with van der Waals surface area (Å²) in [5, 5.41) is 9.46. The van der Waals surface area contributed by atoms with Gasteiger partial charge in [0.05, 0.1) is 17.5 Å². The zero-order chi connectivity index (χ0) is 17.9. The third kappa shape index (κ3) is 3.88. The van der Waals surface area contributed by atoms with Crippen molar-refractivity contribution in [3.8, 4) is 11.3 Å². The summed E-state index contributed by atoms with van der Waals surface area (Å²) in [6, 6.07) is 13.8. The lowest BCUT2D eigenvalue weighted by Crippen LogP contribution is -2.23. The van der Waals surface area contributed by atoms with E-state index in [4.69, 9.17) is 0 Å². The summed E-state index contributed by atoms with van der Waals surface area (Å²) in [5.41, 5.74) is 1.51. The second-order valence-corrected chi connectivity index (χ2v) is 5.40. The monoisotopic (exact) mass is 345 g/mol. The molecule has 0 unspecified atom stereocenters. The van der Waals surface area contributed by atoms with Gasteiger partial charge in [0, 0.05) is 17.7 Å². The molecule has 3 rings (SSSR count). The molecule has 1 aromatic heterocycles. The normalized spacial score (nSPS) is 11.3. The number of nitrogens with one attached hydrogen (secondary N) is 2. The van der Waals surface area contributed by atoms with E-state index in [0.717, 1.165) is 29.0 Å². The Kier molecular flexibility index (Phi) is 4.56. The van der Waals surface area contributed by atoms with Gasteiger partial charge in [0.25, 0.3) is 5.91 Å². The molecule has 128 valence electrons. The molecule has 25 heavy (non-hydrogen) atoms. The van der Waals surface area contributed by atoms with Crippen LogP contribution in [0.25, 0.3) is 11.3 Å². The van der Waals surface area contributed by atoms with E-state index in [1.165, 1.54) is 12.1 Å². The van der Waals surface area contributed by atoms with Crippen LogP contribution in [-0.4, -0.2) is 16.1 Å². The number of aromatic nitrogens is 2. The highest BCUT2D eigenvalue weighted by Crippen LogP contribution is 2.29. The number of aromatic amines is 1. The zero-order valence-electron chi connectivity index (χ0n) is 13.0. The number of amides is 1. The van der Waals surface area contributed by atoms with Crippen molar-refractivity contribution in [2.75, 3.05) is 0 Å². The minimum Gasteiger partial charge on any atom is -0.348 e. The molecular formula is C18H14F3N3O. The summed E-state index contributed by atoms with van der Waals surface area (Å²) in [6.45, 7) is 0.149. The van der Waals surface area contributed by atoms with E-state index in [1.807, 2.05) is 30.3 Å². The van der Waals surface area contributed by atoms with Gasteiger partial charge in [-0.2, -0.15) is 18.3 Å². The Balaban J connectivity index is 1.73. The van der Waals surface area contributed by atoms with Gasteiger partial charge >= 0.3 is 6.18 Å². The van der Waals surface area contributed by atoms with Crippen LogP contribution >= 0.6 is 0 Å². The summed E-state index contributed by atoms with van der Waals surface area (Å²) in [4.78, 5) is 12.2. The molecule has 0 radical (unpaired) electrons. The second kappa shape index (κ2) is 6.80. The van der Waals surface area contributed by atoms with Gasteiger partial charge in [-0.25, -0.2) is 0 Å². The van der Waals surface area contributed by atoms with Gasteiger partial charge in [0.15, 0.2) is 0 Å². The molecular weight excluding hydrogens is 331 g/mol. The van der Waals surface area contributed by atoms with Crippen LogP contribution in [0, 0.1) is 0 Å². The summed E-state index contributed by atoms with van der Waals surface area (Å²) in [7, 11) is 0. The van der Waals surface area contributed by atoms with Gasteiger partial charge in [-0.1, -0.05) is 36.4 Å². The summed E-state index contributed by atoms with van der Waals surface area (Å²) in [6.07, 6.45) is -2.91. The number of hydrogen-bond acceptors (Lipinski definition) is 2. The Bertz CT molecular complexity index is 873. The lowest BCUT2D eigenvalue weighted by atomic mass is 10.1. The standard InChI is InChI=1S/C18H14F3N3O/c19-18(20,21)15-8-4-7-13(9-15)17(25)22-10-14-11-23-24-16(14)12-5-2-1-3-6-12/h1-9,11H,10H2,(H,22,25)(H,23,24). The van der Waals surface area contributed by atoms with Gasteiger partial charge in [0.2, 0.25) is 0 Å². The molecule has 3 aromatic rings. The van der Waals surface area contributed by atoms with Crippen LogP contribution in [-0.2, 0) is 12.7 Å². The van der Waals surface area contributed by atoms with E-state index in [-0.39, 0.29) is 12.1 Å². The molecule has 0 saturated heterocycles. The number of H-pyrrole nitrogens is 1. The van der Waals surface area contributed by atoms with Crippen LogP contribution < -0.4 is 5.32 Å². The summed E-state index contributed by atoms with van der Waals surface area (Å²) < 4.78 is 38.2. The van der Waals surface area contributed by atoms with Crippen molar-refractivity contribution in [2.45, 2.75) is 12.7 Å². The van der Waals surface area contributed by atoms with E-state index in [1.54, 1.807) is 6.20 Å². The highest BCUT2D eigenvalue weighted by Gasteiger charge is 2.30. The highest BCUT2D eigenvalue weighted by molar-refractivity contribution is 5.94. The average molecular weight is 345 g/mol. The fourth-order valence-corrected chi connectivity index (χ4v) is 2.41. The van der Waals surface area contributed by atoms with Crippen molar-refractivity contribution in [1.82, 2.24) is 15.5 Å². The Hall–Kier alpha value is -3.09.